The summed E-state index contributed by atoms with van der Waals surface area (Å²) in [6.45, 7) is 0. The van der Waals surface area contributed by atoms with E-state index in [9.17, 15) is 0 Å². The molecule has 290 valence electrons. The lowest BCUT2D eigenvalue weighted by molar-refractivity contribution is 0.953. The minimum atomic E-state index is -0.119. The van der Waals surface area contributed by atoms with Gasteiger partial charge in [0.05, 0.1) is 0 Å². The molecule has 9 rings (SSSR count). The smallest absolute Gasteiger partial charge is 0.0393 e. The molecule has 0 fully saturated rings. The van der Waals surface area contributed by atoms with Gasteiger partial charge in [-0.15, -0.1) is 0 Å². The largest absolute Gasteiger partial charge is 0.398 e. The van der Waals surface area contributed by atoms with E-state index in [0.29, 0.717) is 0 Å². The molecule has 0 aliphatic heterocycles. The second-order valence-electron chi connectivity index (χ2n) is 15.4. The Balaban J connectivity index is 1.20. The first kappa shape index (κ1) is 37.7. The SMILES string of the molecule is Nc1ccc(C(c2ccc(C(c3ccc(N)c(-c4ccccc4)c3)c3ccc(N)c(-c4ccccc4)c3)cc2)c2ccc(N)c(-c3ccccc3)c2)cc1-c1ccccc1. The fourth-order valence-electron chi connectivity index (χ4n) is 8.52. The first-order valence-electron chi connectivity index (χ1n) is 20.3. The monoisotopic (exact) mass is 774 g/mol. The summed E-state index contributed by atoms with van der Waals surface area (Å²) in [4.78, 5) is 0. The van der Waals surface area contributed by atoms with Crippen molar-refractivity contribution in [3.05, 3.63) is 252 Å². The summed E-state index contributed by atoms with van der Waals surface area (Å²) < 4.78 is 0. The number of hydrogen-bond donors (Lipinski definition) is 4. The van der Waals surface area contributed by atoms with E-state index in [1.54, 1.807) is 0 Å². The molecule has 0 amide bonds. The zero-order valence-electron chi connectivity index (χ0n) is 33.2. The van der Waals surface area contributed by atoms with Crippen molar-refractivity contribution >= 4 is 22.7 Å². The first-order chi connectivity index (χ1) is 29.4. The minimum absolute atomic E-state index is 0.119. The van der Waals surface area contributed by atoms with E-state index in [2.05, 4.69) is 121 Å². The van der Waals surface area contributed by atoms with E-state index in [-0.39, 0.29) is 11.8 Å². The van der Waals surface area contributed by atoms with Gasteiger partial charge in [0, 0.05) is 56.8 Å². The van der Waals surface area contributed by atoms with Gasteiger partial charge >= 0.3 is 0 Å². The summed E-state index contributed by atoms with van der Waals surface area (Å²) in [6.07, 6.45) is 0. The Morgan fingerprint density at radius 3 is 0.633 bits per heavy atom. The van der Waals surface area contributed by atoms with Gasteiger partial charge in [0.2, 0.25) is 0 Å². The van der Waals surface area contributed by atoms with E-state index in [0.717, 1.165) is 101 Å². The van der Waals surface area contributed by atoms with Crippen molar-refractivity contribution < 1.29 is 0 Å². The third-order valence-electron chi connectivity index (χ3n) is 11.6. The van der Waals surface area contributed by atoms with E-state index >= 15 is 0 Å². The molecule has 9 aromatic carbocycles. The van der Waals surface area contributed by atoms with Crippen molar-refractivity contribution in [1.29, 1.82) is 0 Å². The second kappa shape index (κ2) is 16.6. The van der Waals surface area contributed by atoms with Crippen molar-refractivity contribution in [3.8, 4) is 44.5 Å². The van der Waals surface area contributed by atoms with Gasteiger partial charge in [-0.3, -0.25) is 0 Å². The van der Waals surface area contributed by atoms with E-state index in [1.807, 2.05) is 97.1 Å². The summed E-state index contributed by atoms with van der Waals surface area (Å²) in [7, 11) is 0. The van der Waals surface area contributed by atoms with Crippen LogP contribution in [0.3, 0.4) is 0 Å². The van der Waals surface area contributed by atoms with Crippen LogP contribution < -0.4 is 22.9 Å². The molecule has 4 heteroatoms. The molecule has 0 aromatic heterocycles. The molecular weight excluding hydrogens is 729 g/mol. The number of benzene rings is 9. The summed E-state index contributed by atoms with van der Waals surface area (Å²) in [5.74, 6) is -0.239. The highest BCUT2D eigenvalue weighted by atomic mass is 14.6. The van der Waals surface area contributed by atoms with Gasteiger partial charge in [0.25, 0.3) is 0 Å². The third kappa shape index (κ3) is 7.62. The molecular formula is C56H46N4. The van der Waals surface area contributed by atoms with Crippen LogP contribution in [0.1, 0.15) is 45.2 Å². The van der Waals surface area contributed by atoms with Crippen molar-refractivity contribution in [3.63, 3.8) is 0 Å². The molecule has 9 aromatic rings. The molecule has 0 saturated heterocycles. The Hall–Kier alpha value is -7.82. The highest BCUT2D eigenvalue weighted by Gasteiger charge is 2.24. The van der Waals surface area contributed by atoms with Crippen LogP contribution >= 0.6 is 0 Å². The fourth-order valence-corrected chi connectivity index (χ4v) is 8.52. The first-order valence-corrected chi connectivity index (χ1v) is 20.3. The Morgan fingerprint density at radius 1 is 0.217 bits per heavy atom. The van der Waals surface area contributed by atoms with Crippen molar-refractivity contribution in [2.24, 2.45) is 0 Å². The average Bonchev–Trinajstić information content (AvgIpc) is 3.30. The van der Waals surface area contributed by atoms with Crippen LogP contribution in [0.25, 0.3) is 44.5 Å². The molecule has 0 spiro atoms. The van der Waals surface area contributed by atoms with E-state index < -0.39 is 0 Å². The van der Waals surface area contributed by atoms with Gasteiger partial charge in [-0.25, -0.2) is 0 Å². The van der Waals surface area contributed by atoms with Crippen molar-refractivity contribution in [1.82, 2.24) is 0 Å². The quantitative estimate of drug-likeness (QED) is 0.0820. The van der Waals surface area contributed by atoms with E-state index in [1.165, 1.54) is 0 Å². The summed E-state index contributed by atoms with van der Waals surface area (Å²) in [6, 6.07) is 76.2. The lowest BCUT2D eigenvalue weighted by atomic mass is 9.79. The van der Waals surface area contributed by atoms with Crippen LogP contribution in [-0.4, -0.2) is 0 Å². The van der Waals surface area contributed by atoms with E-state index in [4.69, 9.17) is 22.9 Å². The number of nitrogens with two attached hydrogens (primary N) is 4. The molecule has 0 aliphatic rings. The zero-order chi connectivity index (χ0) is 41.0. The Morgan fingerprint density at radius 2 is 0.417 bits per heavy atom. The molecule has 0 bridgehead atoms. The molecule has 0 unspecified atom stereocenters. The Labute approximate surface area is 352 Å². The summed E-state index contributed by atoms with van der Waals surface area (Å²) in [5, 5.41) is 0. The predicted molar refractivity (Wildman–Crippen MR) is 253 cm³/mol. The molecule has 0 heterocycles. The normalized spacial score (nSPS) is 11.2. The molecule has 0 aliphatic carbocycles. The Kier molecular flexibility index (Phi) is 10.4. The molecule has 0 radical (unpaired) electrons. The molecule has 0 saturated carbocycles. The van der Waals surface area contributed by atoms with Gasteiger partial charge in [0.15, 0.2) is 0 Å². The number of nitrogen functional groups attached to an aromatic ring is 4. The van der Waals surface area contributed by atoms with Gasteiger partial charge in [-0.05, 0) is 104 Å². The van der Waals surface area contributed by atoms with Crippen molar-refractivity contribution in [2.75, 3.05) is 22.9 Å². The Bertz CT molecular complexity index is 2510. The molecule has 8 N–H and O–H groups in total. The van der Waals surface area contributed by atoms with Gasteiger partial charge < -0.3 is 22.9 Å². The minimum Gasteiger partial charge on any atom is -0.398 e. The van der Waals surface area contributed by atoms with Crippen molar-refractivity contribution in [2.45, 2.75) is 11.8 Å². The lowest BCUT2D eigenvalue weighted by Gasteiger charge is -2.24. The number of hydrogen-bond acceptors (Lipinski definition) is 4. The van der Waals surface area contributed by atoms with Crippen LogP contribution in [0.15, 0.2) is 218 Å². The summed E-state index contributed by atoms with van der Waals surface area (Å²) >= 11 is 0. The highest BCUT2D eigenvalue weighted by Crippen LogP contribution is 2.42. The van der Waals surface area contributed by atoms with Gasteiger partial charge in [-0.2, -0.15) is 0 Å². The lowest BCUT2D eigenvalue weighted by Crippen LogP contribution is -2.08. The summed E-state index contributed by atoms with van der Waals surface area (Å²) in [5.41, 5.74) is 44.8. The van der Waals surface area contributed by atoms with Crippen LogP contribution in [0.5, 0.6) is 0 Å². The van der Waals surface area contributed by atoms with Crippen LogP contribution in [0.2, 0.25) is 0 Å². The van der Waals surface area contributed by atoms with Gasteiger partial charge in [-0.1, -0.05) is 170 Å². The fraction of sp³-hybridized carbons (Fsp3) is 0.0357. The van der Waals surface area contributed by atoms with Crippen LogP contribution in [0, 0.1) is 0 Å². The third-order valence-corrected chi connectivity index (χ3v) is 11.6. The number of rotatable bonds is 10. The number of anilines is 4. The average molecular weight is 775 g/mol. The maximum absolute atomic E-state index is 6.66. The van der Waals surface area contributed by atoms with Crippen LogP contribution in [0.4, 0.5) is 22.7 Å². The van der Waals surface area contributed by atoms with Gasteiger partial charge in [0.1, 0.15) is 0 Å². The molecule has 4 nitrogen and oxygen atoms in total. The second-order valence-corrected chi connectivity index (χ2v) is 15.4. The molecule has 0 atom stereocenters. The zero-order valence-corrected chi connectivity index (χ0v) is 33.2. The van der Waals surface area contributed by atoms with Crippen LogP contribution in [-0.2, 0) is 0 Å². The predicted octanol–water partition coefficient (Wildman–Crippen LogP) is 13.0. The maximum atomic E-state index is 6.66. The topological polar surface area (TPSA) is 104 Å². The standard InChI is InChI=1S/C56H46N4/c57-51-29-25-43(33-47(51)37-13-5-1-6-14-37)55(44-26-30-52(58)48(34-44)38-15-7-2-8-16-38)41-21-23-42(24-22-41)56(45-27-31-53(59)49(35-45)39-17-9-3-10-18-39)46-28-32-54(60)50(36-46)40-19-11-4-12-20-40/h1-36,55-56H,57-60H2. The maximum Gasteiger partial charge on any atom is 0.0393 e. The highest BCUT2D eigenvalue weighted by molar-refractivity contribution is 5.81. The molecule has 60 heavy (non-hydrogen) atoms.